The van der Waals surface area contributed by atoms with Gasteiger partial charge in [0.15, 0.2) is 10.3 Å². The van der Waals surface area contributed by atoms with E-state index in [4.69, 9.17) is 0 Å². The number of thioether (sulfide) groups is 1. The molecule has 2 aromatic heterocycles. The number of aromatic nitrogens is 3. The summed E-state index contributed by atoms with van der Waals surface area (Å²) in [4.78, 5) is 26.4. The SMILES string of the molecule is Cc1cc(C)nc(SCC(=O)Nc2nc3c(s2)CCC3)n1. The summed E-state index contributed by atoms with van der Waals surface area (Å²) in [6, 6.07) is 1.92. The van der Waals surface area contributed by atoms with Crippen molar-refractivity contribution in [3.63, 3.8) is 0 Å². The van der Waals surface area contributed by atoms with E-state index in [1.807, 2.05) is 19.9 Å². The highest BCUT2D eigenvalue weighted by molar-refractivity contribution is 7.99. The molecule has 2 heterocycles. The summed E-state index contributed by atoms with van der Waals surface area (Å²) in [7, 11) is 0. The van der Waals surface area contributed by atoms with Gasteiger partial charge >= 0.3 is 0 Å². The Hall–Kier alpha value is -1.47. The van der Waals surface area contributed by atoms with E-state index in [0.717, 1.165) is 29.9 Å². The molecule has 21 heavy (non-hydrogen) atoms. The minimum atomic E-state index is -0.0600. The van der Waals surface area contributed by atoms with E-state index in [1.165, 1.54) is 23.1 Å². The first-order valence-corrected chi connectivity index (χ1v) is 8.64. The molecule has 2 aromatic rings. The van der Waals surface area contributed by atoms with Gasteiger partial charge in [0, 0.05) is 16.3 Å². The Bertz CT molecular complexity index is 642. The van der Waals surface area contributed by atoms with Crippen LogP contribution in [0.25, 0.3) is 0 Å². The van der Waals surface area contributed by atoms with Crippen LogP contribution in [0.4, 0.5) is 5.13 Å². The number of aryl methyl sites for hydroxylation is 4. The fourth-order valence-corrected chi connectivity index (χ4v) is 4.10. The predicted octanol–water partition coefficient (Wildman–Crippen LogP) is 2.77. The molecule has 0 aromatic carbocycles. The minimum absolute atomic E-state index is 0.0600. The third kappa shape index (κ3) is 3.59. The molecule has 1 aliphatic carbocycles. The number of anilines is 1. The molecule has 0 saturated heterocycles. The summed E-state index contributed by atoms with van der Waals surface area (Å²) < 4.78 is 0. The molecule has 5 nitrogen and oxygen atoms in total. The second-order valence-corrected chi connectivity index (χ2v) is 7.04. The first-order valence-electron chi connectivity index (χ1n) is 6.83. The smallest absolute Gasteiger partial charge is 0.236 e. The van der Waals surface area contributed by atoms with E-state index in [1.54, 1.807) is 11.3 Å². The van der Waals surface area contributed by atoms with Crippen LogP contribution in [0.3, 0.4) is 0 Å². The van der Waals surface area contributed by atoms with Crippen molar-refractivity contribution in [2.45, 2.75) is 38.3 Å². The normalized spacial score (nSPS) is 13.2. The van der Waals surface area contributed by atoms with Crippen molar-refractivity contribution in [3.8, 4) is 0 Å². The number of thiazole rings is 1. The zero-order chi connectivity index (χ0) is 14.8. The lowest BCUT2D eigenvalue weighted by atomic mass is 10.4. The molecule has 0 unspecified atom stereocenters. The van der Waals surface area contributed by atoms with Crippen molar-refractivity contribution >= 4 is 34.1 Å². The fraction of sp³-hybridized carbons (Fsp3) is 0.429. The van der Waals surface area contributed by atoms with Gasteiger partial charge in [-0.15, -0.1) is 11.3 Å². The highest BCUT2D eigenvalue weighted by Gasteiger charge is 2.17. The number of carbonyl (C=O) groups excluding carboxylic acids is 1. The molecule has 1 amide bonds. The van der Waals surface area contributed by atoms with Gasteiger partial charge in [0.05, 0.1) is 11.4 Å². The van der Waals surface area contributed by atoms with Crippen LogP contribution in [-0.2, 0) is 17.6 Å². The third-order valence-corrected chi connectivity index (χ3v) is 5.06. The number of rotatable bonds is 4. The van der Waals surface area contributed by atoms with Gasteiger partial charge in [-0.3, -0.25) is 4.79 Å². The molecule has 0 saturated carbocycles. The Morgan fingerprint density at radius 3 is 2.76 bits per heavy atom. The van der Waals surface area contributed by atoms with Crippen LogP contribution in [0.1, 0.15) is 28.4 Å². The van der Waals surface area contributed by atoms with Gasteiger partial charge in [-0.25, -0.2) is 15.0 Å². The Kier molecular flexibility index (Phi) is 4.21. The average molecular weight is 320 g/mol. The molecule has 0 aliphatic heterocycles. The van der Waals surface area contributed by atoms with Gasteiger partial charge in [-0.1, -0.05) is 11.8 Å². The molecule has 3 rings (SSSR count). The molecule has 0 radical (unpaired) electrons. The summed E-state index contributed by atoms with van der Waals surface area (Å²) in [5, 5.41) is 4.22. The van der Waals surface area contributed by atoms with Crippen LogP contribution < -0.4 is 5.32 Å². The van der Waals surface area contributed by atoms with Gasteiger partial charge in [0.2, 0.25) is 5.91 Å². The molecular formula is C14H16N4OS2. The van der Waals surface area contributed by atoms with E-state index < -0.39 is 0 Å². The average Bonchev–Trinajstić information content (AvgIpc) is 2.96. The Morgan fingerprint density at radius 2 is 2.05 bits per heavy atom. The van der Waals surface area contributed by atoms with Gasteiger partial charge in [0.1, 0.15) is 0 Å². The second kappa shape index (κ2) is 6.11. The number of nitrogens with one attached hydrogen (secondary N) is 1. The monoisotopic (exact) mass is 320 g/mol. The Balaban J connectivity index is 1.56. The lowest BCUT2D eigenvalue weighted by Gasteiger charge is -2.03. The maximum Gasteiger partial charge on any atom is 0.236 e. The number of carbonyl (C=O) groups is 1. The summed E-state index contributed by atoms with van der Waals surface area (Å²) in [6.45, 7) is 3.85. The first-order chi connectivity index (χ1) is 10.1. The number of amides is 1. The maximum absolute atomic E-state index is 12.0. The van der Waals surface area contributed by atoms with Crippen LogP contribution in [0.2, 0.25) is 0 Å². The topological polar surface area (TPSA) is 67.8 Å². The first kappa shape index (κ1) is 14.5. The molecule has 7 heteroatoms. The predicted molar refractivity (Wildman–Crippen MR) is 85.0 cm³/mol. The van der Waals surface area contributed by atoms with Crippen LogP contribution >= 0.6 is 23.1 Å². The van der Waals surface area contributed by atoms with Crippen LogP contribution in [0.5, 0.6) is 0 Å². The fourth-order valence-electron chi connectivity index (χ4n) is 2.29. The van der Waals surface area contributed by atoms with Crippen molar-refractivity contribution in [2.75, 3.05) is 11.1 Å². The number of nitrogens with zero attached hydrogens (tertiary/aromatic N) is 3. The van der Waals surface area contributed by atoms with Gasteiger partial charge in [-0.05, 0) is 39.2 Å². The molecule has 110 valence electrons. The van der Waals surface area contributed by atoms with Crippen molar-refractivity contribution in [1.82, 2.24) is 15.0 Å². The third-order valence-electron chi connectivity index (χ3n) is 3.14. The van der Waals surface area contributed by atoms with E-state index in [2.05, 4.69) is 20.3 Å². The molecule has 0 bridgehead atoms. The molecule has 1 N–H and O–H groups in total. The lowest BCUT2D eigenvalue weighted by Crippen LogP contribution is -2.14. The zero-order valence-electron chi connectivity index (χ0n) is 12.0. The van der Waals surface area contributed by atoms with Crippen molar-refractivity contribution in [2.24, 2.45) is 0 Å². The maximum atomic E-state index is 12.0. The summed E-state index contributed by atoms with van der Waals surface area (Å²) >= 11 is 2.94. The molecule has 0 spiro atoms. The Morgan fingerprint density at radius 1 is 1.29 bits per heavy atom. The standard InChI is InChI=1S/C14H16N4OS2/c1-8-6-9(2)16-13(15-8)20-7-12(19)18-14-17-10-4-3-5-11(10)21-14/h6H,3-5,7H2,1-2H3,(H,17,18,19). The molecule has 0 fully saturated rings. The van der Waals surface area contributed by atoms with E-state index in [9.17, 15) is 4.79 Å². The zero-order valence-corrected chi connectivity index (χ0v) is 13.6. The van der Waals surface area contributed by atoms with Crippen LogP contribution in [0.15, 0.2) is 11.2 Å². The lowest BCUT2D eigenvalue weighted by molar-refractivity contribution is -0.113. The van der Waals surface area contributed by atoms with Gasteiger partial charge in [0.25, 0.3) is 0 Å². The van der Waals surface area contributed by atoms with Gasteiger partial charge in [-0.2, -0.15) is 0 Å². The number of hydrogen-bond acceptors (Lipinski definition) is 6. The highest BCUT2D eigenvalue weighted by atomic mass is 32.2. The second-order valence-electron chi connectivity index (χ2n) is 5.01. The largest absolute Gasteiger partial charge is 0.301 e. The van der Waals surface area contributed by atoms with Crippen LogP contribution in [0, 0.1) is 13.8 Å². The molecular weight excluding hydrogens is 304 g/mol. The highest BCUT2D eigenvalue weighted by Crippen LogP contribution is 2.30. The number of fused-ring (bicyclic) bond motifs is 1. The quantitative estimate of drug-likeness (QED) is 0.693. The summed E-state index contributed by atoms with van der Waals surface area (Å²) in [5.41, 5.74) is 2.99. The summed E-state index contributed by atoms with van der Waals surface area (Å²) in [5.74, 6) is 0.239. The Labute approximate surface area is 131 Å². The van der Waals surface area contributed by atoms with Gasteiger partial charge < -0.3 is 5.32 Å². The number of hydrogen-bond donors (Lipinski definition) is 1. The van der Waals surface area contributed by atoms with E-state index in [0.29, 0.717) is 16.0 Å². The van der Waals surface area contributed by atoms with Crippen molar-refractivity contribution < 1.29 is 4.79 Å². The van der Waals surface area contributed by atoms with Crippen molar-refractivity contribution in [3.05, 3.63) is 28.0 Å². The van der Waals surface area contributed by atoms with E-state index in [-0.39, 0.29) is 5.91 Å². The van der Waals surface area contributed by atoms with E-state index >= 15 is 0 Å². The van der Waals surface area contributed by atoms with Crippen LogP contribution in [-0.4, -0.2) is 26.6 Å². The molecule has 1 aliphatic rings. The summed E-state index contributed by atoms with van der Waals surface area (Å²) in [6.07, 6.45) is 3.31. The van der Waals surface area contributed by atoms with Crippen molar-refractivity contribution in [1.29, 1.82) is 0 Å². The molecule has 0 atom stereocenters. The minimum Gasteiger partial charge on any atom is -0.301 e.